The standard InChI is InChI=1S/C9H15NO2/c10-6-7-12-9(11)8-4-2-1-3-5-8/h4H,1-3,5-7,10H2. The van der Waals surface area contributed by atoms with Crippen molar-refractivity contribution in [1.82, 2.24) is 0 Å². The molecule has 0 amide bonds. The first-order valence-corrected chi connectivity index (χ1v) is 4.41. The number of nitrogens with two attached hydrogens (primary N) is 1. The minimum atomic E-state index is -0.180. The molecule has 3 heteroatoms. The fourth-order valence-electron chi connectivity index (χ4n) is 1.27. The van der Waals surface area contributed by atoms with Crippen molar-refractivity contribution in [3.63, 3.8) is 0 Å². The molecule has 2 N–H and O–H groups in total. The zero-order valence-electron chi connectivity index (χ0n) is 7.21. The van der Waals surface area contributed by atoms with Crippen LogP contribution in [0.5, 0.6) is 0 Å². The zero-order valence-corrected chi connectivity index (χ0v) is 7.21. The number of rotatable bonds is 3. The maximum Gasteiger partial charge on any atom is 0.333 e. The minimum absolute atomic E-state index is 0.180. The van der Waals surface area contributed by atoms with E-state index in [9.17, 15) is 4.79 Å². The fourth-order valence-corrected chi connectivity index (χ4v) is 1.27. The topological polar surface area (TPSA) is 52.3 Å². The zero-order chi connectivity index (χ0) is 8.81. The molecule has 0 bridgehead atoms. The molecule has 3 nitrogen and oxygen atoms in total. The molecular weight excluding hydrogens is 154 g/mol. The van der Waals surface area contributed by atoms with Crippen molar-refractivity contribution in [2.45, 2.75) is 25.7 Å². The molecule has 0 aromatic rings. The molecule has 0 aromatic carbocycles. The predicted molar refractivity (Wildman–Crippen MR) is 46.6 cm³/mol. The van der Waals surface area contributed by atoms with Crippen LogP contribution < -0.4 is 5.73 Å². The summed E-state index contributed by atoms with van der Waals surface area (Å²) < 4.78 is 4.90. The molecule has 0 atom stereocenters. The molecule has 1 aliphatic carbocycles. The minimum Gasteiger partial charge on any atom is -0.461 e. The van der Waals surface area contributed by atoms with Crippen molar-refractivity contribution >= 4 is 5.97 Å². The van der Waals surface area contributed by atoms with Gasteiger partial charge in [-0.25, -0.2) is 4.79 Å². The first kappa shape index (κ1) is 9.26. The molecule has 0 saturated carbocycles. The van der Waals surface area contributed by atoms with Gasteiger partial charge in [0, 0.05) is 12.1 Å². The molecule has 0 saturated heterocycles. The van der Waals surface area contributed by atoms with Gasteiger partial charge in [-0.2, -0.15) is 0 Å². The van der Waals surface area contributed by atoms with Crippen molar-refractivity contribution in [2.24, 2.45) is 5.73 Å². The first-order valence-electron chi connectivity index (χ1n) is 4.41. The van der Waals surface area contributed by atoms with Gasteiger partial charge in [-0.05, 0) is 25.7 Å². The Bertz CT molecular complexity index is 187. The lowest BCUT2D eigenvalue weighted by Crippen LogP contribution is -2.15. The molecule has 0 aliphatic heterocycles. The average molecular weight is 169 g/mol. The summed E-state index contributed by atoms with van der Waals surface area (Å²) in [6.07, 6.45) is 6.13. The van der Waals surface area contributed by atoms with Crippen LogP contribution in [-0.2, 0) is 9.53 Å². The number of esters is 1. The molecule has 0 aromatic heterocycles. The Labute approximate surface area is 72.6 Å². The van der Waals surface area contributed by atoms with Gasteiger partial charge in [-0.15, -0.1) is 0 Å². The summed E-state index contributed by atoms with van der Waals surface area (Å²) in [4.78, 5) is 11.2. The maximum absolute atomic E-state index is 11.2. The number of carbonyl (C=O) groups is 1. The Morgan fingerprint density at radius 3 is 3.00 bits per heavy atom. The van der Waals surface area contributed by atoms with Crippen molar-refractivity contribution in [1.29, 1.82) is 0 Å². The number of ether oxygens (including phenoxy) is 1. The van der Waals surface area contributed by atoms with Crippen molar-refractivity contribution in [2.75, 3.05) is 13.2 Å². The van der Waals surface area contributed by atoms with Crippen LogP contribution in [0.3, 0.4) is 0 Å². The fraction of sp³-hybridized carbons (Fsp3) is 0.667. The van der Waals surface area contributed by atoms with Gasteiger partial charge in [-0.1, -0.05) is 6.08 Å². The van der Waals surface area contributed by atoms with E-state index in [1.807, 2.05) is 6.08 Å². The third-order valence-corrected chi connectivity index (χ3v) is 1.90. The molecular formula is C9H15NO2. The second kappa shape index (κ2) is 4.93. The third-order valence-electron chi connectivity index (χ3n) is 1.90. The summed E-state index contributed by atoms with van der Waals surface area (Å²) in [6, 6.07) is 0. The molecule has 1 rings (SSSR count). The Kier molecular flexibility index (Phi) is 3.80. The molecule has 12 heavy (non-hydrogen) atoms. The summed E-state index contributed by atoms with van der Waals surface area (Å²) >= 11 is 0. The number of hydrogen-bond donors (Lipinski definition) is 1. The van der Waals surface area contributed by atoms with Crippen molar-refractivity contribution < 1.29 is 9.53 Å². The average Bonchev–Trinajstić information content (AvgIpc) is 2.15. The van der Waals surface area contributed by atoms with Crippen molar-refractivity contribution in [3.05, 3.63) is 11.6 Å². The van der Waals surface area contributed by atoms with Crippen LogP contribution in [-0.4, -0.2) is 19.1 Å². The van der Waals surface area contributed by atoms with E-state index >= 15 is 0 Å². The highest BCUT2D eigenvalue weighted by Crippen LogP contribution is 2.17. The number of allylic oxidation sites excluding steroid dienone is 1. The summed E-state index contributed by atoms with van der Waals surface area (Å²) in [5.41, 5.74) is 6.04. The highest BCUT2D eigenvalue weighted by Gasteiger charge is 2.12. The monoisotopic (exact) mass is 169 g/mol. The van der Waals surface area contributed by atoms with Crippen LogP contribution in [0.1, 0.15) is 25.7 Å². The van der Waals surface area contributed by atoms with E-state index in [1.54, 1.807) is 0 Å². The molecule has 1 aliphatic rings. The van der Waals surface area contributed by atoms with Gasteiger partial charge in [0.25, 0.3) is 0 Å². The molecule has 68 valence electrons. The first-order chi connectivity index (χ1) is 5.84. The van der Waals surface area contributed by atoms with Gasteiger partial charge in [0.15, 0.2) is 0 Å². The van der Waals surface area contributed by atoms with E-state index < -0.39 is 0 Å². The lowest BCUT2D eigenvalue weighted by atomic mass is 10.00. The Morgan fingerprint density at radius 1 is 1.58 bits per heavy atom. The van der Waals surface area contributed by atoms with Crippen LogP contribution in [0, 0.1) is 0 Å². The maximum atomic E-state index is 11.2. The highest BCUT2D eigenvalue weighted by molar-refractivity contribution is 5.88. The van der Waals surface area contributed by atoms with E-state index in [1.165, 1.54) is 6.42 Å². The quantitative estimate of drug-likeness (QED) is 0.641. The SMILES string of the molecule is NCCOC(=O)C1=CCCCC1. The summed E-state index contributed by atoms with van der Waals surface area (Å²) in [5.74, 6) is -0.180. The lowest BCUT2D eigenvalue weighted by Gasteiger charge is -2.11. The van der Waals surface area contributed by atoms with E-state index in [2.05, 4.69) is 0 Å². The molecule has 0 radical (unpaired) electrons. The van der Waals surface area contributed by atoms with Gasteiger partial charge < -0.3 is 10.5 Å². The van der Waals surface area contributed by atoms with Gasteiger partial charge in [-0.3, -0.25) is 0 Å². The van der Waals surface area contributed by atoms with E-state index in [0.29, 0.717) is 13.2 Å². The molecule has 0 spiro atoms. The van der Waals surface area contributed by atoms with Gasteiger partial charge in [0.05, 0.1) is 0 Å². The Balaban J connectivity index is 2.35. The van der Waals surface area contributed by atoms with Gasteiger partial charge >= 0.3 is 5.97 Å². The summed E-state index contributed by atoms with van der Waals surface area (Å²) in [6.45, 7) is 0.731. The second-order valence-electron chi connectivity index (χ2n) is 2.90. The van der Waals surface area contributed by atoms with Crippen LogP contribution in [0.4, 0.5) is 0 Å². The Hall–Kier alpha value is -0.830. The summed E-state index contributed by atoms with van der Waals surface area (Å²) in [5, 5.41) is 0. The van der Waals surface area contributed by atoms with E-state index in [0.717, 1.165) is 24.8 Å². The van der Waals surface area contributed by atoms with Gasteiger partial charge in [0.2, 0.25) is 0 Å². The van der Waals surface area contributed by atoms with E-state index in [4.69, 9.17) is 10.5 Å². The smallest absolute Gasteiger partial charge is 0.333 e. The lowest BCUT2D eigenvalue weighted by molar-refractivity contribution is -0.139. The second-order valence-corrected chi connectivity index (χ2v) is 2.90. The number of hydrogen-bond acceptors (Lipinski definition) is 3. The third kappa shape index (κ3) is 2.66. The summed E-state index contributed by atoms with van der Waals surface area (Å²) in [7, 11) is 0. The van der Waals surface area contributed by atoms with Gasteiger partial charge in [0.1, 0.15) is 6.61 Å². The van der Waals surface area contributed by atoms with Crippen LogP contribution in [0.25, 0.3) is 0 Å². The van der Waals surface area contributed by atoms with Crippen LogP contribution in [0.2, 0.25) is 0 Å². The molecule has 0 fully saturated rings. The Morgan fingerprint density at radius 2 is 2.42 bits per heavy atom. The van der Waals surface area contributed by atoms with E-state index in [-0.39, 0.29) is 5.97 Å². The largest absolute Gasteiger partial charge is 0.461 e. The number of carbonyl (C=O) groups excluding carboxylic acids is 1. The normalized spacial score (nSPS) is 16.9. The molecule has 0 unspecified atom stereocenters. The highest BCUT2D eigenvalue weighted by atomic mass is 16.5. The van der Waals surface area contributed by atoms with Crippen LogP contribution in [0.15, 0.2) is 11.6 Å². The van der Waals surface area contributed by atoms with Crippen molar-refractivity contribution in [3.8, 4) is 0 Å². The predicted octanol–water partition coefficient (Wildman–Crippen LogP) is 0.989. The van der Waals surface area contributed by atoms with Crippen LogP contribution >= 0.6 is 0 Å². The molecule has 0 heterocycles.